The standard InChI is InChI=1S/C16H15ClN4O2S/c17-14-13(10-18)15(24-19-14)20-6-8-21(9-7-20)16(22)23-11-12-4-2-1-3-5-12/h1-5H,6-9,11H2. The topological polar surface area (TPSA) is 69.5 Å². The molecule has 24 heavy (non-hydrogen) atoms. The molecule has 3 rings (SSSR count). The number of halogens is 1. The Labute approximate surface area is 149 Å². The van der Waals surface area contributed by atoms with E-state index >= 15 is 0 Å². The van der Waals surface area contributed by atoms with Gasteiger partial charge in [-0.3, -0.25) is 0 Å². The first kappa shape index (κ1) is 16.6. The molecule has 6 nitrogen and oxygen atoms in total. The van der Waals surface area contributed by atoms with Crippen LogP contribution in [0, 0.1) is 11.3 Å². The molecule has 1 saturated heterocycles. The molecule has 124 valence electrons. The number of piperazine rings is 1. The summed E-state index contributed by atoms with van der Waals surface area (Å²) >= 11 is 7.12. The van der Waals surface area contributed by atoms with Gasteiger partial charge in [0, 0.05) is 26.2 Å². The molecule has 0 N–H and O–H groups in total. The normalized spacial score (nSPS) is 14.3. The largest absolute Gasteiger partial charge is 0.445 e. The number of nitriles is 1. The van der Waals surface area contributed by atoms with Crippen LogP contribution in [-0.4, -0.2) is 41.5 Å². The van der Waals surface area contributed by atoms with Gasteiger partial charge in [-0.25, -0.2) is 4.79 Å². The second-order valence-corrected chi connectivity index (χ2v) is 6.39. The maximum Gasteiger partial charge on any atom is 0.410 e. The molecule has 1 aliphatic heterocycles. The zero-order valence-electron chi connectivity index (χ0n) is 12.8. The van der Waals surface area contributed by atoms with Crippen molar-refractivity contribution in [2.45, 2.75) is 6.61 Å². The minimum absolute atomic E-state index is 0.238. The summed E-state index contributed by atoms with van der Waals surface area (Å²) in [6, 6.07) is 11.7. The van der Waals surface area contributed by atoms with E-state index in [-0.39, 0.29) is 17.9 Å². The summed E-state index contributed by atoms with van der Waals surface area (Å²) in [5.41, 5.74) is 1.37. The minimum Gasteiger partial charge on any atom is -0.445 e. The lowest BCUT2D eigenvalue weighted by Gasteiger charge is -2.34. The lowest BCUT2D eigenvalue weighted by Crippen LogP contribution is -2.48. The van der Waals surface area contributed by atoms with E-state index in [9.17, 15) is 4.79 Å². The number of aromatic nitrogens is 1. The number of anilines is 1. The molecule has 0 saturated carbocycles. The number of carbonyl (C=O) groups is 1. The molecule has 1 aliphatic rings. The molecule has 0 bridgehead atoms. The molecule has 0 unspecified atom stereocenters. The van der Waals surface area contributed by atoms with Gasteiger partial charge in [-0.15, -0.1) is 0 Å². The van der Waals surface area contributed by atoms with Gasteiger partial charge in [-0.2, -0.15) is 9.64 Å². The van der Waals surface area contributed by atoms with Gasteiger partial charge >= 0.3 is 6.09 Å². The number of benzene rings is 1. The van der Waals surface area contributed by atoms with E-state index in [1.54, 1.807) is 4.90 Å². The molecule has 0 aliphatic carbocycles. The van der Waals surface area contributed by atoms with Crippen molar-refractivity contribution in [3.63, 3.8) is 0 Å². The number of amides is 1. The predicted octanol–water partition coefficient (Wildman–Crippen LogP) is 3.13. The maximum atomic E-state index is 12.1. The first-order valence-electron chi connectivity index (χ1n) is 7.45. The summed E-state index contributed by atoms with van der Waals surface area (Å²) in [6.45, 7) is 2.58. The zero-order valence-corrected chi connectivity index (χ0v) is 14.4. The molecule has 1 aromatic carbocycles. The van der Waals surface area contributed by atoms with E-state index in [4.69, 9.17) is 21.6 Å². The predicted molar refractivity (Wildman–Crippen MR) is 92.3 cm³/mol. The number of hydrogen-bond acceptors (Lipinski definition) is 6. The third kappa shape index (κ3) is 3.61. The molecular weight excluding hydrogens is 348 g/mol. The molecule has 2 heterocycles. The van der Waals surface area contributed by atoms with Crippen molar-refractivity contribution in [1.29, 1.82) is 5.26 Å². The zero-order chi connectivity index (χ0) is 16.9. The van der Waals surface area contributed by atoms with Gasteiger partial charge in [0.1, 0.15) is 23.2 Å². The Morgan fingerprint density at radius 1 is 1.29 bits per heavy atom. The lowest BCUT2D eigenvalue weighted by atomic mass is 10.2. The summed E-state index contributed by atoms with van der Waals surface area (Å²) in [4.78, 5) is 15.8. The van der Waals surface area contributed by atoms with Crippen LogP contribution in [0.25, 0.3) is 0 Å². The minimum atomic E-state index is -0.318. The summed E-state index contributed by atoms with van der Waals surface area (Å²) in [5, 5.41) is 10.2. The van der Waals surface area contributed by atoms with E-state index in [1.165, 1.54) is 11.5 Å². The molecule has 1 fully saturated rings. The van der Waals surface area contributed by atoms with Gasteiger partial charge in [0.2, 0.25) is 0 Å². The Bertz CT molecular complexity index is 751. The van der Waals surface area contributed by atoms with Crippen LogP contribution in [-0.2, 0) is 11.3 Å². The average Bonchev–Trinajstić information content (AvgIpc) is 3.01. The molecule has 1 amide bonds. The highest BCUT2D eigenvalue weighted by atomic mass is 35.5. The summed E-state index contributed by atoms with van der Waals surface area (Å²) < 4.78 is 9.36. The molecule has 1 aromatic heterocycles. The van der Waals surface area contributed by atoms with Crippen molar-refractivity contribution >= 4 is 34.2 Å². The van der Waals surface area contributed by atoms with Crippen LogP contribution in [0.2, 0.25) is 5.15 Å². The number of ether oxygens (including phenoxy) is 1. The second-order valence-electron chi connectivity index (χ2n) is 5.28. The Morgan fingerprint density at radius 2 is 2.00 bits per heavy atom. The van der Waals surface area contributed by atoms with Gasteiger partial charge in [0.25, 0.3) is 0 Å². The number of hydrogen-bond donors (Lipinski definition) is 0. The van der Waals surface area contributed by atoms with E-state index in [2.05, 4.69) is 10.4 Å². The highest BCUT2D eigenvalue weighted by Crippen LogP contribution is 2.31. The van der Waals surface area contributed by atoms with Gasteiger partial charge < -0.3 is 14.5 Å². The molecule has 8 heteroatoms. The van der Waals surface area contributed by atoms with Crippen LogP contribution in [0.15, 0.2) is 30.3 Å². The van der Waals surface area contributed by atoms with Gasteiger partial charge in [-0.1, -0.05) is 41.9 Å². The van der Waals surface area contributed by atoms with Crippen LogP contribution in [0.3, 0.4) is 0 Å². The molecule has 0 atom stereocenters. The Balaban J connectivity index is 1.53. The number of rotatable bonds is 3. The van der Waals surface area contributed by atoms with Crippen molar-refractivity contribution in [3.8, 4) is 6.07 Å². The third-order valence-electron chi connectivity index (χ3n) is 3.77. The third-order valence-corrected chi connectivity index (χ3v) is 5.06. The molecule has 0 spiro atoms. The Kier molecular flexibility index (Phi) is 5.18. The molecule has 2 aromatic rings. The van der Waals surface area contributed by atoms with Crippen LogP contribution in [0.4, 0.5) is 9.80 Å². The van der Waals surface area contributed by atoms with Crippen LogP contribution < -0.4 is 4.90 Å². The highest BCUT2D eigenvalue weighted by Gasteiger charge is 2.26. The summed E-state index contributed by atoms with van der Waals surface area (Å²) in [7, 11) is 0. The quantitative estimate of drug-likeness (QED) is 0.839. The van der Waals surface area contributed by atoms with Crippen molar-refractivity contribution in [2.24, 2.45) is 0 Å². The van der Waals surface area contributed by atoms with E-state index in [1.807, 2.05) is 35.2 Å². The van der Waals surface area contributed by atoms with Gasteiger partial charge in [0.05, 0.1) is 0 Å². The van der Waals surface area contributed by atoms with Crippen LogP contribution in [0.1, 0.15) is 11.1 Å². The molecule has 0 radical (unpaired) electrons. The van der Waals surface area contributed by atoms with E-state index in [0.29, 0.717) is 31.7 Å². The van der Waals surface area contributed by atoms with Gasteiger partial charge in [0.15, 0.2) is 5.15 Å². The maximum absolute atomic E-state index is 12.1. The van der Waals surface area contributed by atoms with Crippen molar-refractivity contribution in [1.82, 2.24) is 9.27 Å². The van der Waals surface area contributed by atoms with E-state index < -0.39 is 0 Å². The SMILES string of the molecule is N#Cc1c(Cl)nsc1N1CCN(C(=O)OCc2ccccc2)CC1. The fraction of sp³-hybridized carbons (Fsp3) is 0.312. The number of nitrogens with zero attached hydrogens (tertiary/aromatic N) is 4. The lowest BCUT2D eigenvalue weighted by molar-refractivity contribution is 0.0942. The summed E-state index contributed by atoms with van der Waals surface area (Å²) in [5.74, 6) is 0. The smallest absolute Gasteiger partial charge is 0.410 e. The first-order chi connectivity index (χ1) is 11.7. The Morgan fingerprint density at radius 3 is 2.67 bits per heavy atom. The second kappa shape index (κ2) is 7.51. The monoisotopic (exact) mass is 362 g/mol. The van der Waals surface area contributed by atoms with E-state index in [0.717, 1.165) is 10.6 Å². The average molecular weight is 363 g/mol. The van der Waals surface area contributed by atoms with Crippen molar-refractivity contribution in [2.75, 3.05) is 31.1 Å². The molecular formula is C16H15ClN4O2S. The highest BCUT2D eigenvalue weighted by molar-refractivity contribution is 7.10. The number of carbonyl (C=O) groups excluding carboxylic acids is 1. The fourth-order valence-electron chi connectivity index (χ4n) is 2.48. The van der Waals surface area contributed by atoms with Gasteiger partial charge in [-0.05, 0) is 17.1 Å². The Hall–Kier alpha value is -2.30. The van der Waals surface area contributed by atoms with Crippen LogP contribution >= 0.6 is 23.1 Å². The first-order valence-corrected chi connectivity index (χ1v) is 8.60. The van der Waals surface area contributed by atoms with Crippen LogP contribution in [0.5, 0.6) is 0 Å². The fourth-order valence-corrected chi connectivity index (χ4v) is 3.56. The van der Waals surface area contributed by atoms with Crippen molar-refractivity contribution in [3.05, 3.63) is 46.6 Å². The summed E-state index contributed by atoms with van der Waals surface area (Å²) in [6.07, 6.45) is -0.318. The van der Waals surface area contributed by atoms with Crippen molar-refractivity contribution < 1.29 is 9.53 Å².